The van der Waals surface area contributed by atoms with Gasteiger partial charge in [-0.15, -0.1) is 12.4 Å². The molecular formula is C17H24ClN3O5. The highest BCUT2D eigenvalue weighted by Gasteiger charge is 2.35. The van der Waals surface area contributed by atoms with Crippen molar-refractivity contribution in [3.8, 4) is 0 Å². The SMILES string of the molecule is C[C@](N)(NC(=O)C1CCCN(C(=O)OCc2ccccc2)C1)C(=O)O.Cl. The number of nitrogens with zero attached hydrogens (tertiary/aromatic N) is 1. The molecule has 1 aromatic rings. The maximum atomic E-state index is 12.2. The number of halogens is 1. The Hall–Kier alpha value is -2.32. The second kappa shape index (κ2) is 9.40. The number of piperidine rings is 1. The van der Waals surface area contributed by atoms with E-state index in [1.165, 1.54) is 11.8 Å². The molecule has 0 spiro atoms. The van der Waals surface area contributed by atoms with Crippen LogP contribution >= 0.6 is 12.4 Å². The van der Waals surface area contributed by atoms with Crippen LogP contribution in [0.1, 0.15) is 25.3 Å². The monoisotopic (exact) mass is 385 g/mol. The first-order valence-electron chi connectivity index (χ1n) is 8.09. The van der Waals surface area contributed by atoms with Gasteiger partial charge in [-0.3, -0.25) is 10.5 Å². The standard InChI is InChI=1S/C17H23N3O5.ClH/c1-17(18,15(22)23)19-14(21)13-8-5-9-20(10-13)16(24)25-11-12-6-3-2-4-7-12;/h2-4,6-7,13H,5,8-11,18H2,1H3,(H,19,21)(H,22,23);1H/t13?,17-;/m0./s1. The maximum Gasteiger partial charge on any atom is 0.410 e. The Balaban J connectivity index is 0.00000338. The third kappa shape index (κ3) is 5.89. The molecule has 1 heterocycles. The van der Waals surface area contributed by atoms with Crippen molar-refractivity contribution in [1.82, 2.24) is 10.2 Å². The second-order valence-corrected chi connectivity index (χ2v) is 6.32. The lowest BCUT2D eigenvalue weighted by Gasteiger charge is -2.32. The molecule has 2 rings (SSSR count). The lowest BCUT2D eigenvalue weighted by Crippen LogP contribution is -2.61. The lowest BCUT2D eigenvalue weighted by atomic mass is 9.96. The Morgan fingerprint density at radius 1 is 1.35 bits per heavy atom. The summed E-state index contributed by atoms with van der Waals surface area (Å²) in [6.45, 7) is 2.04. The first kappa shape index (κ1) is 21.7. The molecule has 1 aliphatic rings. The number of carboxylic acids is 1. The highest BCUT2D eigenvalue weighted by Crippen LogP contribution is 2.18. The number of carbonyl (C=O) groups is 3. The lowest BCUT2D eigenvalue weighted by molar-refractivity contribution is -0.147. The molecular weight excluding hydrogens is 362 g/mol. The minimum Gasteiger partial charge on any atom is -0.479 e. The van der Waals surface area contributed by atoms with Crippen LogP contribution in [-0.2, 0) is 20.9 Å². The number of carboxylic acid groups (broad SMARTS) is 1. The van der Waals surface area contributed by atoms with E-state index in [4.69, 9.17) is 15.6 Å². The molecule has 0 saturated carbocycles. The molecule has 1 unspecified atom stereocenters. The molecule has 9 heteroatoms. The zero-order valence-corrected chi connectivity index (χ0v) is 15.3. The van der Waals surface area contributed by atoms with Gasteiger partial charge in [0.15, 0.2) is 5.66 Å². The van der Waals surface area contributed by atoms with Crippen molar-refractivity contribution >= 4 is 30.4 Å². The van der Waals surface area contributed by atoms with Gasteiger partial charge < -0.3 is 20.1 Å². The molecule has 1 aliphatic heterocycles. The third-order valence-corrected chi connectivity index (χ3v) is 4.08. The zero-order chi connectivity index (χ0) is 18.4. The van der Waals surface area contributed by atoms with Gasteiger partial charge in [0.25, 0.3) is 0 Å². The van der Waals surface area contributed by atoms with E-state index in [0.717, 1.165) is 5.56 Å². The molecule has 0 bridgehead atoms. The molecule has 1 fully saturated rings. The predicted octanol–water partition coefficient (Wildman–Crippen LogP) is 1.33. The quantitative estimate of drug-likeness (QED) is 0.657. The molecule has 0 radical (unpaired) electrons. The fraction of sp³-hybridized carbons (Fsp3) is 0.471. The summed E-state index contributed by atoms with van der Waals surface area (Å²) >= 11 is 0. The molecule has 4 N–H and O–H groups in total. The van der Waals surface area contributed by atoms with Crippen LogP contribution in [0.5, 0.6) is 0 Å². The van der Waals surface area contributed by atoms with Crippen molar-refractivity contribution < 1.29 is 24.2 Å². The fourth-order valence-corrected chi connectivity index (χ4v) is 2.58. The summed E-state index contributed by atoms with van der Waals surface area (Å²) in [5.41, 5.74) is 4.57. The van der Waals surface area contributed by atoms with E-state index in [-0.39, 0.29) is 25.6 Å². The highest BCUT2D eigenvalue weighted by molar-refractivity contribution is 5.87. The molecule has 0 aliphatic carbocycles. The number of nitrogens with one attached hydrogen (secondary N) is 1. The molecule has 8 nitrogen and oxygen atoms in total. The van der Waals surface area contributed by atoms with E-state index in [1.807, 2.05) is 30.3 Å². The number of likely N-dealkylation sites (tertiary alicyclic amines) is 1. The number of carbonyl (C=O) groups excluding carboxylic acids is 2. The van der Waals surface area contributed by atoms with Crippen molar-refractivity contribution in [3.63, 3.8) is 0 Å². The van der Waals surface area contributed by atoms with Crippen LogP contribution in [-0.4, -0.2) is 46.7 Å². The van der Waals surface area contributed by atoms with Crippen molar-refractivity contribution in [2.24, 2.45) is 11.7 Å². The second-order valence-electron chi connectivity index (χ2n) is 6.32. The van der Waals surface area contributed by atoms with E-state index >= 15 is 0 Å². The van der Waals surface area contributed by atoms with Gasteiger partial charge in [-0.2, -0.15) is 0 Å². The van der Waals surface area contributed by atoms with Crippen molar-refractivity contribution in [2.45, 2.75) is 32.0 Å². The Morgan fingerprint density at radius 2 is 2.00 bits per heavy atom. The van der Waals surface area contributed by atoms with E-state index in [2.05, 4.69) is 5.32 Å². The van der Waals surface area contributed by atoms with Gasteiger partial charge in [-0.05, 0) is 25.3 Å². The summed E-state index contributed by atoms with van der Waals surface area (Å²) in [5, 5.41) is 11.3. The Bertz CT molecular complexity index is 639. The first-order chi connectivity index (χ1) is 11.8. The maximum absolute atomic E-state index is 12.2. The van der Waals surface area contributed by atoms with E-state index < -0.39 is 29.6 Å². The summed E-state index contributed by atoms with van der Waals surface area (Å²) in [5.74, 6) is -2.32. The van der Waals surface area contributed by atoms with Gasteiger partial charge in [-0.25, -0.2) is 9.59 Å². The summed E-state index contributed by atoms with van der Waals surface area (Å²) in [6, 6.07) is 9.30. The van der Waals surface area contributed by atoms with Crippen LogP contribution in [0.25, 0.3) is 0 Å². The van der Waals surface area contributed by atoms with Gasteiger partial charge in [0.2, 0.25) is 5.91 Å². The van der Waals surface area contributed by atoms with Gasteiger partial charge in [0.1, 0.15) is 6.61 Å². The number of ether oxygens (including phenoxy) is 1. The van der Waals surface area contributed by atoms with Crippen LogP contribution in [0.3, 0.4) is 0 Å². The normalized spacial score (nSPS) is 18.8. The minimum atomic E-state index is -1.84. The number of hydrogen-bond donors (Lipinski definition) is 3. The number of amides is 2. The van der Waals surface area contributed by atoms with E-state index in [9.17, 15) is 14.4 Å². The summed E-state index contributed by atoms with van der Waals surface area (Å²) in [6.07, 6.45) is 0.701. The smallest absolute Gasteiger partial charge is 0.410 e. The minimum absolute atomic E-state index is 0. The number of hydrogen-bond acceptors (Lipinski definition) is 5. The molecule has 1 aromatic carbocycles. The van der Waals surface area contributed by atoms with Gasteiger partial charge in [0.05, 0.1) is 5.92 Å². The molecule has 26 heavy (non-hydrogen) atoms. The summed E-state index contributed by atoms with van der Waals surface area (Å²) in [4.78, 5) is 36.9. The Morgan fingerprint density at radius 3 is 2.62 bits per heavy atom. The number of benzene rings is 1. The topological polar surface area (TPSA) is 122 Å². The van der Waals surface area contributed by atoms with Gasteiger partial charge >= 0.3 is 12.1 Å². The highest BCUT2D eigenvalue weighted by atomic mass is 35.5. The Labute approximate surface area is 158 Å². The fourth-order valence-electron chi connectivity index (χ4n) is 2.58. The van der Waals surface area contributed by atoms with Crippen LogP contribution in [0, 0.1) is 5.92 Å². The van der Waals surface area contributed by atoms with Crippen molar-refractivity contribution in [3.05, 3.63) is 35.9 Å². The molecule has 0 aromatic heterocycles. The van der Waals surface area contributed by atoms with Gasteiger partial charge in [0, 0.05) is 13.1 Å². The largest absolute Gasteiger partial charge is 0.479 e. The number of rotatable bonds is 5. The van der Waals surface area contributed by atoms with Crippen LogP contribution in [0.15, 0.2) is 30.3 Å². The van der Waals surface area contributed by atoms with Crippen molar-refractivity contribution in [2.75, 3.05) is 13.1 Å². The molecule has 2 atom stereocenters. The average molecular weight is 386 g/mol. The summed E-state index contributed by atoms with van der Waals surface area (Å²) < 4.78 is 5.27. The van der Waals surface area contributed by atoms with Crippen LogP contribution < -0.4 is 11.1 Å². The van der Waals surface area contributed by atoms with E-state index in [1.54, 1.807) is 0 Å². The molecule has 1 saturated heterocycles. The number of nitrogens with two attached hydrogens (primary N) is 1. The predicted molar refractivity (Wildman–Crippen MR) is 96.5 cm³/mol. The third-order valence-electron chi connectivity index (χ3n) is 4.08. The Kier molecular flexibility index (Phi) is 7.85. The number of aliphatic carboxylic acids is 1. The summed E-state index contributed by atoms with van der Waals surface area (Å²) in [7, 11) is 0. The average Bonchev–Trinajstić information content (AvgIpc) is 2.60. The first-order valence-corrected chi connectivity index (χ1v) is 8.09. The molecule has 2 amide bonds. The van der Waals surface area contributed by atoms with Crippen LogP contribution in [0.4, 0.5) is 4.79 Å². The zero-order valence-electron chi connectivity index (χ0n) is 14.5. The molecule has 144 valence electrons. The van der Waals surface area contributed by atoms with Gasteiger partial charge in [-0.1, -0.05) is 30.3 Å². The van der Waals surface area contributed by atoms with E-state index in [0.29, 0.717) is 19.4 Å². The van der Waals surface area contributed by atoms with Crippen LogP contribution in [0.2, 0.25) is 0 Å². The van der Waals surface area contributed by atoms with Crippen molar-refractivity contribution in [1.29, 1.82) is 0 Å².